The molecule has 9 nitrogen and oxygen atoms in total. The number of fused-ring (bicyclic) bond motifs is 2. The molecule has 3 heterocycles. The Kier molecular flexibility index (Phi) is 3.78. The highest BCUT2D eigenvalue weighted by Crippen LogP contribution is 2.34. The summed E-state index contributed by atoms with van der Waals surface area (Å²) in [6.07, 6.45) is 0. The molecule has 1 aliphatic heterocycles. The van der Waals surface area contributed by atoms with Gasteiger partial charge in [-0.3, -0.25) is 10.2 Å². The quantitative estimate of drug-likeness (QED) is 0.466. The van der Waals surface area contributed by atoms with Gasteiger partial charge in [0, 0.05) is 10.6 Å². The lowest BCUT2D eigenvalue weighted by Crippen LogP contribution is -2.36. The van der Waals surface area contributed by atoms with Gasteiger partial charge in [0.05, 0.1) is 5.69 Å². The largest absolute Gasteiger partial charge is 0.454 e. The monoisotopic (exact) mass is 409 g/mol. The summed E-state index contributed by atoms with van der Waals surface area (Å²) in [5, 5.41) is 9.00. The van der Waals surface area contributed by atoms with E-state index in [0.717, 1.165) is 4.57 Å². The second-order valence-electron chi connectivity index (χ2n) is 6.30. The van der Waals surface area contributed by atoms with Crippen molar-refractivity contribution in [2.75, 3.05) is 6.79 Å². The van der Waals surface area contributed by atoms with E-state index in [2.05, 4.69) is 15.0 Å². The fraction of sp³-hybridized carbons (Fsp3) is 0.0526. The molecule has 0 bridgehead atoms. The zero-order chi connectivity index (χ0) is 20.1. The second-order valence-corrected chi connectivity index (χ2v) is 6.73. The minimum Gasteiger partial charge on any atom is -0.454 e. The van der Waals surface area contributed by atoms with Crippen molar-refractivity contribution in [1.29, 1.82) is 5.41 Å². The summed E-state index contributed by atoms with van der Waals surface area (Å²) in [5.74, 6) is 1.38. The van der Waals surface area contributed by atoms with Crippen LogP contribution in [-0.2, 0) is 0 Å². The topological polar surface area (TPSA) is 126 Å². The molecule has 1 aliphatic rings. The van der Waals surface area contributed by atoms with Gasteiger partial charge in [0.2, 0.25) is 6.79 Å². The average Bonchev–Trinajstić information content (AvgIpc) is 3.18. The van der Waals surface area contributed by atoms with Gasteiger partial charge >= 0.3 is 5.69 Å². The number of nitrogens with one attached hydrogen (secondary N) is 3. The smallest absolute Gasteiger partial charge is 0.332 e. The molecule has 5 rings (SSSR count). The van der Waals surface area contributed by atoms with Gasteiger partial charge in [0.15, 0.2) is 17.0 Å². The molecule has 29 heavy (non-hydrogen) atoms. The number of hydrogen-bond acceptors (Lipinski definition) is 6. The Labute approximate surface area is 166 Å². The van der Waals surface area contributed by atoms with Crippen molar-refractivity contribution < 1.29 is 9.47 Å². The number of ether oxygens (including phenoxy) is 2. The van der Waals surface area contributed by atoms with Crippen LogP contribution >= 0.6 is 11.6 Å². The van der Waals surface area contributed by atoms with Gasteiger partial charge < -0.3 is 19.4 Å². The molecule has 0 saturated heterocycles. The number of hydrogen-bond donors (Lipinski definition) is 3. The Balaban J connectivity index is 1.76. The molecule has 0 amide bonds. The summed E-state index contributed by atoms with van der Waals surface area (Å²) in [4.78, 5) is 34.6. The summed E-state index contributed by atoms with van der Waals surface area (Å²) in [6.45, 7) is 0.125. The van der Waals surface area contributed by atoms with Crippen LogP contribution in [-0.4, -0.2) is 26.3 Å². The van der Waals surface area contributed by atoms with Gasteiger partial charge in [-0.2, -0.15) is 0 Å². The highest BCUT2D eigenvalue weighted by Gasteiger charge is 2.17. The van der Waals surface area contributed by atoms with Crippen LogP contribution in [0.4, 0.5) is 0 Å². The zero-order valence-corrected chi connectivity index (χ0v) is 15.4. The summed E-state index contributed by atoms with van der Waals surface area (Å²) < 4.78 is 11.8. The molecule has 0 atom stereocenters. The maximum atomic E-state index is 12.6. The Hall–Kier alpha value is -3.85. The van der Waals surface area contributed by atoms with Crippen LogP contribution in [0, 0.1) is 5.41 Å². The first-order valence-corrected chi connectivity index (χ1v) is 8.89. The molecule has 4 aromatic rings. The summed E-state index contributed by atoms with van der Waals surface area (Å²) in [7, 11) is 0. The molecule has 0 fully saturated rings. The first-order valence-electron chi connectivity index (χ1n) is 8.51. The van der Waals surface area contributed by atoms with Gasteiger partial charge in [-0.05, 0) is 42.5 Å². The molecular weight excluding hydrogens is 398 g/mol. The number of halogens is 1. The first kappa shape index (κ1) is 17.3. The molecule has 144 valence electrons. The minimum absolute atomic E-state index is 0.0518. The average molecular weight is 410 g/mol. The van der Waals surface area contributed by atoms with Crippen LogP contribution in [0.3, 0.4) is 0 Å². The summed E-state index contributed by atoms with van der Waals surface area (Å²) in [6, 6.07) is 11.5. The van der Waals surface area contributed by atoms with Gasteiger partial charge in [-0.25, -0.2) is 14.3 Å². The standard InChI is InChI=1S/C19H12ClN5O4/c20-10-2-4-11(5-3-10)25-16(21)14-15(23-19(25)27)18(26)24-17(22-14)9-1-6-12-13(7-9)29-8-28-12/h1-7,21H,8H2,(H,23,27)(H,22,24,26). The fourth-order valence-electron chi connectivity index (χ4n) is 3.15. The Bertz CT molecular complexity index is 1450. The second kappa shape index (κ2) is 6.35. The van der Waals surface area contributed by atoms with E-state index in [4.69, 9.17) is 26.5 Å². The van der Waals surface area contributed by atoms with E-state index in [9.17, 15) is 9.59 Å². The van der Waals surface area contributed by atoms with E-state index in [0.29, 0.717) is 27.8 Å². The van der Waals surface area contributed by atoms with Gasteiger partial charge in [-0.1, -0.05) is 11.6 Å². The fourth-order valence-corrected chi connectivity index (χ4v) is 3.27. The van der Waals surface area contributed by atoms with E-state index in [1.807, 2.05) is 0 Å². The van der Waals surface area contributed by atoms with E-state index in [1.165, 1.54) is 0 Å². The predicted octanol–water partition coefficient (Wildman–Crippen LogP) is 1.93. The third-order valence-electron chi connectivity index (χ3n) is 4.53. The maximum absolute atomic E-state index is 12.6. The Morgan fingerprint density at radius 1 is 1.03 bits per heavy atom. The predicted molar refractivity (Wildman–Crippen MR) is 105 cm³/mol. The van der Waals surface area contributed by atoms with Gasteiger partial charge in [0.25, 0.3) is 5.56 Å². The number of aromatic amines is 2. The lowest BCUT2D eigenvalue weighted by atomic mass is 10.2. The van der Waals surface area contributed by atoms with Crippen molar-refractivity contribution in [2.24, 2.45) is 0 Å². The van der Waals surface area contributed by atoms with Crippen molar-refractivity contribution >= 4 is 22.6 Å². The molecule has 0 spiro atoms. The molecule has 10 heteroatoms. The van der Waals surface area contributed by atoms with Crippen LogP contribution in [0.25, 0.3) is 28.1 Å². The highest BCUT2D eigenvalue weighted by molar-refractivity contribution is 6.30. The van der Waals surface area contributed by atoms with Crippen LogP contribution in [0.15, 0.2) is 52.1 Å². The van der Waals surface area contributed by atoms with Crippen LogP contribution in [0.1, 0.15) is 0 Å². The van der Waals surface area contributed by atoms with Gasteiger partial charge in [-0.15, -0.1) is 0 Å². The molecule has 0 unspecified atom stereocenters. The third-order valence-corrected chi connectivity index (χ3v) is 4.79. The molecule has 2 aromatic heterocycles. The summed E-state index contributed by atoms with van der Waals surface area (Å²) >= 11 is 5.90. The van der Waals surface area contributed by atoms with E-state index in [1.54, 1.807) is 42.5 Å². The number of H-pyrrole nitrogens is 2. The van der Waals surface area contributed by atoms with Crippen LogP contribution in [0.2, 0.25) is 5.02 Å². The normalized spacial score (nSPS) is 12.4. The van der Waals surface area contributed by atoms with Crippen molar-refractivity contribution in [3.05, 3.63) is 73.8 Å². The van der Waals surface area contributed by atoms with Crippen molar-refractivity contribution in [3.8, 4) is 28.6 Å². The lowest BCUT2D eigenvalue weighted by Gasteiger charge is -2.09. The van der Waals surface area contributed by atoms with Crippen molar-refractivity contribution in [1.82, 2.24) is 19.5 Å². The lowest BCUT2D eigenvalue weighted by molar-refractivity contribution is 0.174. The van der Waals surface area contributed by atoms with Crippen LogP contribution in [0.5, 0.6) is 11.5 Å². The van der Waals surface area contributed by atoms with E-state index in [-0.39, 0.29) is 29.1 Å². The molecule has 3 N–H and O–H groups in total. The first-order chi connectivity index (χ1) is 14.0. The number of rotatable bonds is 2. The zero-order valence-electron chi connectivity index (χ0n) is 14.7. The maximum Gasteiger partial charge on any atom is 0.332 e. The molecule has 0 saturated carbocycles. The Morgan fingerprint density at radius 3 is 2.59 bits per heavy atom. The minimum atomic E-state index is -0.632. The molecular formula is C19H12ClN5O4. The molecule has 0 aliphatic carbocycles. The third kappa shape index (κ3) is 2.79. The molecule has 2 aromatic carbocycles. The van der Waals surface area contributed by atoms with Crippen molar-refractivity contribution in [3.63, 3.8) is 0 Å². The van der Waals surface area contributed by atoms with Gasteiger partial charge in [0.1, 0.15) is 16.9 Å². The number of aromatic nitrogens is 4. The van der Waals surface area contributed by atoms with Crippen molar-refractivity contribution in [2.45, 2.75) is 0 Å². The number of nitrogens with zero attached hydrogens (tertiary/aromatic N) is 2. The summed E-state index contributed by atoms with van der Waals surface area (Å²) in [5.41, 5.74) is -0.430. The SMILES string of the molecule is N=c1c2nc(-c3ccc4c(c3)OCO4)[nH]c(=O)c2[nH]c(=O)n1-c1ccc(Cl)cc1. The van der Waals surface area contributed by atoms with E-state index < -0.39 is 11.2 Å². The molecule has 0 radical (unpaired) electrons. The van der Waals surface area contributed by atoms with Crippen LogP contribution < -0.4 is 26.2 Å². The Morgan fingerprint density at radius 2 is 1.79 bits per heavy atom. The van der Waals surface area contributed by atoms with E-state index >= 15 is 0 Å². The highest BCUT2D eigenvalue weighted by atomic mass is 35.5. The number of benzene rings is 2.